The predicted molar refractivity (Wildman–Crippen MR) is 245 cm³/mol. The lowest BCUT2D eigenvalue weighted by atomic mass is 9.83. The lowest BCUT2D eigenvalue weighted by Crippen LogP contribution is -2.53. The number of nitrogens with two attached hydrogens (primary N) is 1. The Labute approximate surface area is 369 Å². The molecule has 9 rings (SSSR count). The molecule has 62 heavy (non-hydrogen) atoms. The van der Waals surface area contributed by atoms with Gasteiger partial charge in [-0.15, -0.1) is 0 Å². The van der Waals surface area contributed by atoms with Crippen LogP contribution in [0.3, 0.4) is 0 Å². The molecular formula is C48H62ClN9O4. The van der Waals surface area contributed by atoms with E-state index in [0.717, 1.165) is 115 Å². The second-order valence-electron chi connectivity index (χ2n) is 18.6. The lowest BCUT2D eigenvalue weighted by molar-refractivity contribution is -0.0368. The van der Waals surface area contributed by atoms with Gasteiger partial charge in [-0.1, -0.05) is 75.7 Å². The fourth-order valence-electron chi connectivity index (χ4n) is 10.4. The second kappa shape index (κ2) is 17.9. The van der Waals surface area contributed by atoms with Crippen LogP contribution in [-0.4, -0.2) is 105 Å². The number of aromatic nitrogens is 3. The van der Waals surface area contributed by atoms with Crippen molar-refractivity contribution in [3.8, 4) is 11.3 Å². The molecular weight excluding hydrogens is 802 g/mol. The van der Waals surface area contributed by atoms with Gasteiger partial charge in [0, 0.05) is 66.7 Å². The number of H-pyrrole nitrogens is 1. The van der Waals surface area contributed by atoms with E-state index in [9.17, 15) is 9.90 Å². The largest absolute Gasteiger partial charge is 0.474 e. The lowest BCUT2D eigenvalue weighted by Gasteiger charge is -2.36. The normalized spacial score (nSPS) is 25.6. The number of nitrogens with one attached hydrogen (secondary N) is 2. The molecule has 1 aliphatic carbocycles. The maximum Gasteiger partial charge on any atom is 0.407 e. The number of carbonyl (C=O) groups is 1. The number of aromatic amines is 1. The van der Waals surface area contributed by atoms with E-state index in [0.29, 0.717) is 6.42 Å². The predicted octanol–water partition coefficient (Wildman–Crippen LogP) is 8.10. The number of amides is 1. The Kier molecular flexibility index (Phi) is 12.4. The van der Waals surface area contributed by atoms with Crippen LogP contribution in [-0.2, 0) is 15.9 Å². The van der Waals surface area contributed by atoms with Crippen LogP contribution in [0.2, 0.25) is 5.02 Å². The smallest absolute Gasteiger partial charge is 0.407 e. The first-order valence-corrected chi connectivity index (χ1v) is 23.1. The number of aliphatic hydroxyl groups excluding tert-OH is 1. The molecule has 2 fully saturated rings. The molecule has 5 aliphatic rings. The first-order valence-electron chi connectivity index (χ1n) is 22.7. The van der Waals surface area contributed by atoms with E-state index in [2.05, 4.69) is 94.8 Å². The van der Waals surface area contributed by atoms with Crippen molar-refractivity contribution in [2.45, 2.75) is 122 Å². The van der Waals surface area contributed by atoms with Crippen LogP contribution in [0.25, 0.3) is 27.7 Å². The number of ether oxygens (including phenoxy) is 2. The van der Waals surface area contributed by atoms with Crippen LogP contribution in [0.5, 0.6) is 0 Å². The summed E-state index contributed by atoms with van der Waals surface area (Å²) >= 11 is 7.55. The van der Waals surface area contributed by atoms with Gasteiger partial charge in [-0.05, 0) is 74.6 Å². The minimum Gasteiger partial charge on any atom is -0.474 e. The van der Waals surface area contributed by atoms with Crippen molar-refractivity contribution in [2.24, 2.45) is 33.5 Å². The summed E-state index contributed by atoms with van der Waals surface area (Å²) in [6.07, 6.45) is 9.38. The molecule has 4 aromatic rings. The summed E-state index contributed by atoms with van der Waals surface area (Å²) in [7, 11) is 1.40. The van der Waals surface area contributed by atoms with Crippen LogP contribution < -0.4 is 11.1 Å². The maximum atomic E-state index is 12.1. The van der Waals surface area contributed by atoms with Crippen LogP contribution in [0.1, 0.15) is 102 Å². The molecule has 0 spiro atoms. The number of aliphatic hydroxyl groups is 1. The summed E-state index contributed by atoms with van der Waals surface area (Å²) in [5.74, 6) is 2.51. The zero-order valence-corrected chi connectivity index (χ0v) is 37.4. The van der Waals surface area contributed by atoms with E-state index in [1.54, 1.807) is 0 Å². The number of nitrogens with zero attached hydrogens (tertiary/aromatic N) is 6. The molecule has 8 atom stereocenters. The Hall–Kier alpha value is -4.53. The average Bonchev–Trinajstić information content (AvgIpc) is 4.14. The Balaban J connectivity index is 0.987. The molecule has 4 aliphatic heterocycles. The molecule has 1 amide bonds. The number of carbonyl (C=O) groups excluding carboxylic acids is 1. The number of hydrogen-bond donors (Lipinski definition) is 4. The molecule has 330 valence electrons. The fraction of sp³-hybridized carbons (Fsp3) is 0.542. The third-order valence-electron chi connectivity index (χ3n) is 14.1. The zero-order valence-electron chi connectivity index (χ0n) is 36.6. The van der Waals surface area contributed by atoms with Crippen molar-refractivity contribution >= 4 is 46.1 Å². The number of hydrogen-bond acceptors (Lipinski definition) is 10. The maximum absolute atomic E-state index is 12.1. The second-order valence-corrected chi connectivity index (χ2v) is 19.0. The van der Waals surface area contributed by atoms with E-state index >= 15 is 0 Å². The third-order valence-corrected chi connectivity index (χ3v) is 14.5. The molecule has 13 nitrogen and oxygen atoms in total. The highest BCUT2D eigenvalue weighted by molar-refractivity contribution is 6.38. The average molecular weight is 865 g/mol. The van der Waals surface area contributed by atoms with E-state index < -0.39 is 12.3 Å². The van der Waals surface area contributed by atoms with Gasteiger partial charge < -0.3 is 35.2 Å². The van der Waals surface area contributed by atoms with Crippen molar-refractivity contribution in [3.63, 3.8) is 0 Å². The van der Waals surface area contributed by atoms with Crippen molar-refractivity contribution in [3.05, 3.63) is 82.6 Å². The first kappa shape index (κ1) is 42.8. The minimum atomic E-state index is -0.712. The number of likely N-dealkylation sites (tertiary alicyclic amines) is 2. The van der Waals surface area contributed by atoms with Gasteiger partial charge in [0.1, 0.15) is 17.8 Å². The number of methoxy groups -OCH3 is 1. The number of allylic oxidation sites excluding steroid dienone is 2. The zero-order chi connectivity index (χ0) is 43.2. The minimum absolute atomic E-state index is 0.0348. The van der Waals surface area contributed by atoms with E-state index in [4.69, 9.17) is 41.8 Å². The molecule has 2 aromatic heterocycles. The number of aliphatic imine (C=N–C) groups is 2. The molecule has 0 radical (unpaired) electrons. The van der Waals surface area contributed by atoms with Crippen LogP contribution >= 0.6 is 11.6 Å². The number of fused-ring (bicyclic) bond motifs is 4. The van der Waals surface area contributed by atoms with Gasteiger partial charge in [-0.25, -0.2) is 9.78 Å². The fourth-order valence-corrected chi connectivity index (χ4v) is 10.8. The van der Waals surface area contributed by atoms with Crippen LogP contribution in [0.4, 0.5) is 4.79 Å². The Morgan fingerprint density at radius 3 is 2.66 bits per heavy atom. The van der Waals surface area contributed by atoms with E-state index in [1.165, 1.54) is 18.2 Å². The highest BCUT2D eigenvalue weighted by atomic mass is 35.5. The number of benzene rings is 2. The van der Waals surface area contributed by atoms with Crippen molar-refractivity contribution < 1.29 is 19.4 Å². The number of alkyl carbamates (subject to hydrolysis) is 1. The molecule has 2 aromatic carbocycles. The number of imidazole rings is 1. The van der Waals surface area contributed by atoms with Gasteiger partial charge >= 0.3 is 6.09 Å². The van der Waals surface area contributed by atoms with Gasteiger partial charge in [-0.2, -0.15) is 0 Å². The molecule has 5 N–H and O–H groups in total. The SMILES string of the molecule is COC(=O)NC(CN1CCCC1c1ncc(-c2ccc3c(c2)c(Cl)c2n3C(Cc3ccccc3)OC3=C2CCC(C2=NC(C4CCCN4C(O)C(N)C(C)C)N=C2)C3)[nH]1)C(C)C. The van der Waals surface area contributed by atoms with Gasteiger partial charge in [0.05, 0.1) is 53.0 Å². The number of halogens is 1. The highest BCUT2D eigenvalue weighted by Gasteiger charge is 2.42. The topological polar surface area (TPSA) is 159 Å². The van der Waals surface area contributed by atoms with Crippen molar-refractivity contribution in [1.29, 1.82) is 0 Å². The molecule has 0 bridgehead atoms. The summed E-state index contributed by atoms with van der Waals surface area (Å²) in [4.78, 5) is 35.4. The molecule has 0 saturated carbocycles. The molecule has 6 heterocycles. The summed E-state index contributed by atoms with van der Waals surface area (Å²) in [5, 5.41) is 15.9. The number of rotatable bonds is 13. The van der Waals surface area contributed by atoms with Gasteiger partial charge in [-0.3, -0.25) is 19.8 Å². The highest BCUT2D eigenvalue weighted by Crippen LogP contribution is 2.50. The van der Waals surface area contributed by atoms with Crippen LogP contribution in [0.15, 0.2) is 70.5 Å². The Bertz CT molecular complexity index is 2350. The van der Waals surface area contributed by atoms with E-state index in [-0.39, 0.29) is 54.3 Å². The third kappa shape index (κ3) is 8.22. The standard InChI is InChI=1S/C48H62ClN9O4/c1-27(2)36(55-48(60)61-5)26-56-19-9-13-38(56)45-51-24-34(53-45)30-16-18-37-33(22-30)42(49)44-32-17-15-31(23-40(32)62-41(58(37)44)21-29-11-7-6-8-12-29)35-25-52-46(54-35)39-14-10-20-57(39)47(59)43(50)28(3)4/h6-8,11-12,16,18,22,24-25,27-28,31,36,38-39,41,43,46-47,59H,9-10,13-15,17,19-21,23,26,50H2,1-5H3,(H,51,53)(H,55,60). The summed E-state index contributed by atoms with van der Waals surface area (Å²) in [6, 6.07) is 16.8. The first-order chi connectivity index (χ1) is 30.0. The summed E-state index contributed by atoms with van der Waals surface area (Å²) < 4.78 is 14.3. The van der Waals surface area contributed by atoms with E-state index in [1.807, 2.05) is 18.5 Å². The van der Waals surface area contributed by atoms with Gasteiger partial charge in [0.25, 0.3) is 0 Å². The van der Waals surface area contributed by atoms with Gasteiger partial charge in [0.15, 0.2) is 12.4 Å². The quantitative estimate of drug-likeness (QED) is 0.105. The molecule has 8 unspecified atom stereocenters. The molecule has 2 saturated heterocycles. The Morgan fingerprint density at radius 2 is 1.89 bits per heavy atom. The van der Waals surface area contributed by atoms with Gasteiger partial charge in [0.2, 0.25) is 0 Å². The van der Waals surface area contributed by atoms with Crippen LogP contribution in [0, 0.1) is 17.8 Å². The Morgan fingerprint density at radius 1 is 1.08 bits per heavy atom. The summed E-state index contributed by atoms with van der Waals surface area (Å²) in [6.45, 7) is 10.8. The van der Waals surface area contributed by atoms with Crippen molar-refractivity contribution in [2.75, 3.05) is 26.7 Å². The molecule has 14 heteroatoms. The monoisotopic (exact) mass is 863 g/mol. The summed E-state index contributed by atoms with van der Waals surface area (Å²) in [5.41, 5.74) is 13.8. The van der Waals surface area contributed by atoms with Crippen molar-refractivity contribution in [1.82, 2.24) is 29.7 Å².